The molecule has 1 aromatic heterocycles. The molecule has 0 radical (unpaired) electrons. The van der Waals surface area contributed by atoms with E-state index >= 15 is 0 Å². The molecule has 94 valence electrons. The molecule has 0 amide bonds. The number of anilines is 1. The van der Waals surface area contributed by atoms with E-state index in [1.54, 1.807) is 12.3 Å². The third-order valence-corrected chi connectivity index (χ3v) is 4.34. The minimum atomic E-state index is -0.120. The highest BCUT2D eigenvalue weighted by molar-refractivity contribution is 5.43. The molecule has 1 N–H and O–H groups in total. The minimum absolute atomic E-state index is 0.120. The average molecular weight is 235 g/mol. The van der Waals surface area contributed by atoms with Gasteiger partial charge in [0.05, 0.1) is 11.9 Å². The van der Waals surface area contributed by atoms with Crippen molar-refractivity contribution in [2.24, 2.45) is 5.41 Å². The zero-order valence-electron chi connectivity index (χ0n) is 10.7. The normalized spacial score (nSPS) is 19.3. The molecule has 1 aliphatic rings. The molecule has 1 saturated heterocycles. The summed E-state index contributed by atoms with van der Waals surface area (Å²) in [5.74, 6) is 0. The Hall–Kier alpha value is -1.32. The summed E-state index contributed by atoms with van der Waals surface area (Å²) in [5.41, 5.74) is 1.35. The van der Waals surface area contributed by atoms with E-state index in [2.05, 4.69) is 28.9 Å². The Labute approximate surface area is 102 Å². The van der Waals surface area contributed by atoms with Crippen LogP contribution in [0.4, 0.5) is 5.69 Å². The van der Waals surface area contributed by atoms with Crippen LogP contribution < -0.4 is 10.5 Å². The van der Waals surface area contributed by atoms with E-state index in [0.717, 1.165) is 18.8 Å². The topological polar surface area (TPSA) is 49.0 Å². The molecule has 1 aromatic rings. The summed E-state index contributed by atoms with van der Waals surface area (Å²) in [5, 5.41) is 6.27. The van der Waals surface area contributed by atoms with E-state index in [4.69, 9.17) is 0 Å². The van der Waals surface area contributed by atoms with Gasteiger partial charge in [0.2, 0.25) is 0 Å². The summed E-state index contributed by atoms with van der Waals surface area (Å²) in [6.45, 7) is 6.64. The van der Waals surface area contributed by atoms with Gasteiger partial charge in [0.25, 0.3) is 5.56 Å². The van der Waals surface area contributed by atoms with E-state index in [1.165, 1.54) is 25.7 Å². The van der Waals surface area contributed by atoms with Gasteiger partial charge in [0.15, 0.2) is 0 Å². The highest BCUT2D eigenvalue weighted by Gasteiger charge is 2.31. The molecular weight excluding hydrogens is 214 g/mol. The molecule has 0 bridgehead atoms. The number of hydrogen-bond donors (Lipinski definition) is 1. The van der Waals surface area contributed by atoms with Gasteiger partial charge in [-0.25, -0.2) is 5.10 Å². The van der Waals surface area contributed by atoms with Crippen LogP contribution in [0, 0.1) is 5.41 Å². The number of H-pyrrole nitrogens is 1. The van der Waals surface area contributed by atoms with Crippen LogP contribution in [-0.2, 0) is 0 Å². The Kier molecular flexibility index (Phi) is 3.50. The SMILES string of the molecule is CCC1(CC)CCN(c2cn[nH]c(=O)c2)CC1. The van der Waals surface area contributed by atoms with Gasteiger partial charge in [0, 0.05) is 19.2 Å². The van der Waals surface area contributed by atoms with Gasteiger partial charge in [-0.1, -0.05) is 26.7 Å². The quantitative estimate of drug-likeness (QED) is 0.873. The number of hydrogen-bond acceptors (Lipinski definition) is 3. The van der Waals surface area contributed by atoms with Crippen molar-refractivity contribution in [2.75, 3.05) is 18.0 Å². The van der Waals surface area contributed by atoms with E-state index in [0.29, 0.717) is 5.41 Å². The van der Waals surface area contributed by atoms with Crippen LogP contribution >= 0.6 is 0 Å². The Morgan fingerprint density at radius 2 is 2.00 bits per heavy atom. The number of aromatic nitrogens is 2. The number of piperidine rings is 1. The summed E-state index contributed by atoms with van der Waals surface area (Å²) in [6.07, 6.45) is 6.68. The Morgan fingerprint density at radius 1 is 1.35 bits per heavy atom. The van der Waals surface area contributed by atoms with Crippen molar-refractivity contribution < 1.29 is 0 Å². The van der Waals surface area contributed by atoms with E-state index in [1.807, 2.05) is 0 Å². The monoisotopic (exact) mass is 235 g/mol. The first-order chi connectivity index (χ1) is 8.19. The lowest BCUT2D eigenvalue weighted by molar-refractivity contribution is 0.199. The van der Waals surface area contributed by atoms with Crippen molar-refractivity contribution in [3.8, 4) is 0 Å². The highest BCUT2D eigenvalue weighted by Crippen LogP contribution is 2.38. The molecule has 4 nitrogen and oxygen atoms in total. The molecule has 1 aliphatic heterocycles. The lowest BCUT2D eigenvalue weighted by Gasteiger charge is -2.41. The maximum atomic E-state index is 11.2. The van der Waals surface area contributed by atoms with Crippen molar-refractivity contribution in [1.29, 1.82) is 0 Å². The fourth-order valence-electron chi connectivity index (χ4n) is 2.74. The second-order valence-electron chi connectivity index (χ2n) is 5.00. The van der Waals surface area contributed by atoms with Crippen LogP contribution in [0.3, 0.4) is 0 Å². The molecule has 0 aromatic carbocycles. The zero-order valence-corrected chi connectivity index (χ0v) is 10.7. The molecule has 1 fully saturated rings. The summed E-state index contributed by atoms with van der Waals surface area (Å²) >= 11 is 0. The number of rotatable bonds is 3. The Bertz CT molecular complexity index is 413. The van der Waals surface area contributed by atoms with Gasteiger partial charge in [-0.2, -0.15) is 5.10 Å². The molecule has 0 aliphatic carbocycles. The fourth-order valence-corrected chi connectivity index (χ4v) is 2.74. The zero-order chi connectivity index (χ0) is 12.3. The molecular formula is C13H21N3O. The molecule has 17 heavy (non-hydrogen) atoms. The third kappa shape index (κ3) is 2.51. The molecule has 0 unspecified atom stereocenters. The summed E-state index contributed by atoms with van der Waals surface area (Å²) in [4.78, 5) is 13.5. The van der Waals surface area contributed by atoms with Crippen molar-refractivity contribution in [1.82, 2.24) is 10.2 Å². The van der Waals surface area contributed by atoms with Crippen LogP contribution in [0.1, 0.15) is 39.5 Å². The summed E-state index contributed by atoms with van der Waals surface area (Å²) in [7, 11) is 0. The largest absolute Gasteiger partial charge is 0.370 e. The molecule has 2 rings (SSSR count). The maximum absolute atomic E-state index is 11.2. The lowest BCUT2D eigenvalue weighted by Crippen LogP contribution is -2.40. The first-order valence-corrected chi connectivity index (χ1v) is 6.49. The second-order valence-corrected chi connectivity index (χ2v) is 5.00. The predicted molar refractivity (Wildman–Crippen MR) is 69.3 cm³/mol. The molecule has 2 heterocycles. The van der Waals surface area contributed by atoms with Crippen molar-refractivity contribution >= 4 is 5.69 Å². The van der Waals surface area contributed by atoms with E-state index in [9.17, 15) is 4.79 Å². The summed E-state index contributed by atoms with van der Waals surface area (Å²) in [6, 6.07) is 1.64. The van der Waals surface area contributed by atoms with Gasteiger partial charge < -0.3 is 4.90 Å². The van der Waals surface area contributed by atoms with Gasteiger partial charge >= 0.3 is 0 Å². The molecule has 0 atom stereocenters. The average Bonchev–Trinajstić information content (AvgIpc) is 2.39. The van der Waals surface area contributed by atoms with Crippen LogP contribution in [0.5, 0.6) is 0 Å². The molecule has 4 heteroatoms. The first-order valence-electron chi connectivity index (χ1n) is 6.49. The predicted octanol–water partition coefficient (Wildman–Crippen LogP) is 2.18. The van der Waals surface area contributed by atoms with Gasteiger partial charge in [0.1, 0.15) is 0 Å². The molecule has 0 spiro atoms. The van der Waals surface area contributed by atoms with Crippen LogP contribution in [-0.4, -0.2) is 23.3 Å². The van der Waals surface area contributed by atoms with Crippen LogP contribution in [0.15, 0.2) is 17.1 Å². The highest BCUT2D eigenvalue weighted by atomic mass is 16.1. The van der Waals surface area contributed by atoms with E-state index in [-0.39, 0.29) is 5.56 Å². The Morgan fingerprint density at radius 3 is 2.53 bits per heavy atom. The minimum Gasteiger partial charge on any atom is -0.370 e. The van der Waals surface area contributed by atoms with Crippen LogP contribution in [0.25, 0.3) is 0 Å². The first kappa shape index (κ1) is 12.1. The molecule has 0 saturated carbocycles. The lowest BCUT2D eigenvalue weighted by atomic mass is 9.74. The Balaban J connectivity index is 2.07. The fraction of sp³-hybridized carbons (Fsp3) is 0.692. The maximum Gasteiger partial charge on any atom is 0.266 e. The van der Waals surface area contributed by atoms with Crippen molar-refractivity contribution in [2.45, 2.75) is 39.5 Å². The third-order valence-electron chi connectivity index (χ3n) is 4.34. The van der Waals surface area contributed by atoms with Gasteiger partial charge in [-0.3, -0.25) is 4.79 Å². The second kappa shape index (κ2) is 4.90. The standard InChI is InChI=1S/C13H21N3O/c1-3-13(4-2)5-7-16(8-6-13)11-9-12(17)15-14-10-11/h9-10H,3-8H2,1-2H3,(H,15,17). The summed E-state index contributed by atoms with van der Waals surface area (Å²) < 4.78 is 0. The van der Waals surface area contributed by atoms with Crippen molar-refractivity contribution in [3.05, 3.63) is 22.6 Å². The number of nitrogens with zero attached hydrogens (tertiary/aromatic N) is 2. The van der Waals surface area contributed by atoms with Gasteiger partial charge in [-0.05, 0) is 18.3 Å². The van der Waals surface area contributed by atoms with Crippen molar-refractivity contribution in [3.63, 3.8) is 0 Å². The number of aromatic amines is 1. The van der Waals surface area contributed by atoms with E-state index < -0.39 is 0 Å². The van der Waals surface area contributed by atoms with Crippen LogP contribution in [0.2, 0.25) is 0 Å². The smallest absolute Gasteiger partial charge is 0.266 e. The number of nitrogens with one attached hydrogen (secondary N) is 1. The van der Waals surface area contributed by atoms with Gasteiger partial charge in [-0.15, -0.1) is 0 Å².